The van der Waals surface area contributed by atoms with Gasteiger partial charge in [0.2, 0.25) is 5.95 Å². The van der Waals surface area contributed by atoms with Gasteiger partial charge in [-0.2, -0.15) is 18.2 Å². The molecule has 2 unspecified atom stereocenters. The van der Waals surface area contributed by atoms with Crippen LogP contribution in [0.3, 0.4) is 0 Å². The zero-order valence-electron chi connectivity index (χ0n) is 21.0. The van der Waals surface area contributed by atoms with Crippen molar-refractivity contribution in [2.75, 3.05) is 61.5 Å². The lowest BCUT2D eigenvalue weighted by Crippen LogP contribution is -2.37. The Labute approximate surface area is 214 Å². The Bertz CT molecular complexity index is 1090. The smallest absolute Gasteiger partial charge is 0.389 e. The Balaban J connectivity index is 1.55. The highest BCUT2D eigenvalue weighted by molar-refractivity contribution is 5.90. The number of aromatic nitrogens is 2. The van der Waals surface area contributed by atoms with Crippen LogP contribution in [0.25, 0.3) is 11.3 Å². The fraction of sp³-hybridized carbons (Fsp3) is 0.560. The third kappa shape index (κ3) is 7.22. The van der Waals surface area contributed by atoms with E-state index in [1.165, 1.54) is 4.90 Å². The number of amides is 2. The van der Waals surface area contributed by atoms with Crippen molar-refractivity contribution in [2.24, 2.45) is 5.92 Å². The number of carbonyl (C=O) groups is 1. The number of rotatable bonds is 7. The molecule has 1 aromatic heterocycles. The first-order chi connectivity index (χ1) is 17.6. The number of alkyl halides is 3. The number of nitrogens with zero attached hydrogens (tertiary/aromatic N) is 4. The molecule has 37 heavy (non-hydrogen) atoms. The summed E-state index contributed by atoms with van der Waals surface area (Å²) in [6.45, 7) is 6.60. The van der Waals surface area contributed by atoms with Crippen molar-refractivity contribution < 1.29 is 27.8 Å². The summed E-state index contributed by atoms with van der Waals surface area (Å²) in [7, 11) is 0. The van der Waals surface area contributed by atoms with Crippen LogP contribution in [0.5, 0.6) is 0 Å². The van der Waals surface area contributed by atoms with Gasteiger partial charge in [-0.1, -0.05) is 6.07 Å². The van der Waals surface area contributed by atoms with E-state index < -0.39 is 24.5 Å². The largest absolute Gasteiger partial charge is 0.394 e. The predicted octanol–water partition coefficient (Wildman–Crippen LogP) is 3.89. The van der Waals surface area contributed by atoms with Crippen LogP contribution in [0.15, 0.2) is 24.3 Å². The topological polar surface area (TPSA) is 103 Å². The average molecular weight is 523 g/mol. The highest BCUT2D eigenvalue weighted by Gasteiger charge is 2.36. The number of anilines is 3. The van der Waals surface area contributed by atoms with Crippen LogP contribution >= 0.6 is 0 Å². The summed E-state index contributed by atoms with van der Waals surface area (Å²) in [5, 5.41) is 15.4. The van der Waals surface area contributed by atoms with E-state index in [0.29, 0.717) is 50.1 Å². The van der Waals surface area contributed by atoms with Gasteiger partial charge in [-0.3, -0.25) is 0 Å². The Hall–Kier alpha value is -3.12. The third-order valence-electron chi connectivity index (χ3n) is 6.56. The second kappa shape index (κ2) is 11.5. The molecule has 2 aromatic rings. The van der Waals surface area contributed by atoms with E-state index in [1.807, 2.05) is 26.0 Å². The van der Waals surface area contributed by atoms with E-state index in [1.54, 1.807) is 12.1 Å². The maximum Gasteiger partial charge on any atom is 0.389 e. The fourth-order valence-electron chi connectivity index (χ4n) is 4.55. The van der Waals surface area contributed by atoms with Crippen LogP contribution in [-0.2, 0) is 4.74 Å². The number of halogens is 3. The van der Waals surface area contributed by atoms with Crippen LogP contribution in [0, 0.1) is 12.8 Å². The number of nitrogens with one attached hydrogen (secondary N) is 2. The Morgan fingerprint density at radius 2 is 1.97 bits per heavy atom. The van der Waals surface area contributed by atoms with Gasteiger partial charge in [0.25, 0.3) is 0 Å². The number of hydrogen-bond donors (Lipinski definition) is 3. The lowest BCUT2D eigenvalue weighted by Gasteiger charge is -2.28. The maximum absolute atomic E-state index is 12.8. The molecule has 2 fully saturated rings. The first kappa shape index (κ1) is 26.9. The molecule has 0 bridgehead atoms. The van der Waals surface area contributed by atoms with Crippen LogP contribution in [0.4, 0.5) is 35.4 Å². The maximum atomic E-state index is 12.8. The van der Waals surface area contributed by atoms with Crippen molar-refractivity contribution in [3.8, 4) is 11.3 Å². The predicted molar refractivity (Wildman–Crippen MR) is 135 cm³/mol. The van der Waals surface area contributed by atoms with Crippen molar-refractivity contribution in [3.63, 3.8) is 0 Å². The lowest BCUT2D eigenvalue weighted by molar-refractivity contribution is -0.143. The molecule has 2 saturated heterocycles. The zero-order chi connectivity index (χ0) is 26.6. The minimum absolute atomic E-state index is 0.0803. The van der Waals surface area contributed by atoms with Crippen molar-refractivity contribution in [1.82, 2.24) is 14.9 Å². The van der Waals surface area contributed by atoms with Crippen molar-refractivity contribution in [3.05, 3.63) is 29.8 Å². The Kier molecular flexibility index (Phi) is 8.38. The first-order valence-electron chi connectivity index (χ1n) is 12.4. The molecule has 2 aliphatic rings. The average Bonchev–Trinajstić information content (AvgIpc) is 3.32. The molecule has 0 spiro atoms. The monoisotopic (exact) mass is 522 g/mol. The molecule has 2 aliphatic heterocycles. The summed E-state index contributed by atoms with van der Waals surface area (Å²) in [4.78, 5) is 25.6. The molecule has 2 amide bonds. The van der Waals surface area contributed by atoms with Crippen LogP contribution in [0.1, 0.15) is 25.3 Å². The van der Waals surface area contributed by atoms with Crippen molar-refractivity contribution >= 4 is 23.5 Å². The summed E-state index contributed by atoms with van der Waals surface area (Å²) in [6.07, 6.45) is -4.78. The summed E-state index contributed by atoms with van der Waals surface area (Å²) < 4.78 is 43.7. The molecular formula is C25H33F3N6O3. The van der Waals surface area contributed by atoms with Gasteiger partial charge in [0, 0.05) is 56.0 Å². The lowest BCUT2D eigenvalue weighted by atomic mass is 10.0. The van der Waals surface area contributed by atoms with E-state index in [9.17, 15) is 23.1 Å². The number of benzene rings is 1. The number of aliphatic hydroxyl groups excluding tert-OH is 1. The van der Waals surface area contributed by atoms with Gasteiger partial charge in [0.05, 0.1) is 25.5 Å². The summed E-state index contributed by atoms with van der Waals surface area (Å²) in [6, 6.07) is 6.65. The molecule has 1 aromatic carbocycles. The Morgan fingerprint density at radius 1 is 1.22 bits per heavy atom. The number of carbonyl (C=O) groups excluding carboxylic acids is 1. The molecule has 202 valence electrons. The van der Waals surface area contributed by atoms with Gasteiger partial charge in [-0.25, -0.2) is 9.78 Å². The number of aryl methyl sites for hydroxylation is 1. The van der Waals surface area contributed by atoms with Gasteiger partial charge >= 0.3 is 12.2 Å². The molecule has 3 heterocycles. The molecule has 0 saturated carbocycles. The Morgan fingerprint density at radius 3 is 2.68 bits per heavy atom. The molecule has 0 aliphatic carbocycles. The second-order valence-electron chi connectivity index (χ2n) is 9.64. The van der Waals surface area contributed by atoms with Gasteiger partial charge in [0.15, 0.2) is 0 Å². The summed E-state index contributed by atoms with van der Waals surface area (Å²) in [5.41, 5.74) is 2.88. The number of likely N-dealkylation sites (tertiary alicyclic amines) is 1. The molecule has 2 atom stereocenters. The molecule has 9 nitrogen and oxygen atoms in total. The van der Waals surface area contributed by atoms with E-state index >= 15 is 0 Å². The van der Waals surface area contributed by atoms with E-state index in [-0.39, 0.29) is 25.7 Å². The quantitative estimate of drug-likeness (QED) is 0.507. The molecule has 0 radical (unpaired) electrons. The number of aliphatic hydroxyl groups is 1. The highest BCUT2D eigenvalue weighted by atomic mass is 19.4. The van der Waals surface area contributed by atoms with Gasteiger partial charge in [-0.15, -0.1) is 0 Å². The van der Waals surface area contributed by atoms with Gasteiger partial charge in [0.1, 0.15) is 5.82 Å². The van der Waals surface area contributed by atoms with Crippen molar-refractivity contribution in [1.29, 1.82) is 0 Å². The van der Waals surface area contributed by atoms with Crippen LogP contribution in [0.2, 0.25) is 0 Å². The van der Waals surface area contributed by atoms with E-state index in [0.717, 1.165) is 16.9 Å². The number of morpholine rings is 1. The minimum atomic E-state index is -4.23. The number of urea groups is 1. The van der Waals surface area contributed by atoms with E-state index in [4.69, 9.17) is 4.74 Å². The number of ether oxygens (including phenoxy) is 1. The molecule has 3 N–H and O–H groups in total. The van der Waals surface area contributed by atoms with Crippen molar-refractivity contribution in [2.45, 2.75) is 38.9 Å². The SMILES string of the molecule is Cc1ccc(NC(=O)N2CCC(CC(F)(F)F)C2)cc1-c1cc(N2CCOCC2)nc(NC(C)CO)n1. The summed E-state index contributed by atoms with van der Waals surface area (Å²) >= 11 is 0. The second-order valence-corrected chi connectivity index (χ2v) is 9.64. The van der Waals surface area contributed by atoms with E-state index in [2.05, 4.69) is 25.5 Å². The summed E-state index contributed by atoms with van der Waals surface area (Å²) in [5.74, 6) is 0.524. The number of hydrogen-bond acceptors (Lipinski definition) is 7. The highest BCUT2D eigenvalue weighted by Crippen LogP contribution is 2.32. The molecule has 4 rings (SSSR count). The zero-order valence-corrected chi connectivity index (χ0v) is 21.0. The normalized spacial score (nSPS) is 19.1. The first-order valence-corrected chi connectivity index (χ1v) is 12.4. The van der Waals surface area contributed by atoms with Gasteiger partial charge < -0.3 is 30.3 Å². The molecule has 12 heteroatoms. The minimum Gasteiger partial charge on any atom is -0.394 e. The molecular weight excluding hydrogens is 489 g/mol. The van der Waals surface area contributed by atoms with Crippen LogP contribution in [-0.4, -0.2) is 84.2 Å². The third-order valence-corrected chi connectivity index (χ3v) is 6.56. The van der Waals surface area contributed by atoms with Gasteiger partial charge in [-0.05, 0) is 43.9 Å². The fourth-order valence-corrected chi connectivity index (χ4v) is 4.55. The van der Waals surface area contributed by atoms with Crippen LogP contribution < -0.4 is 15.5 Å². The standard InChI is InChI=1S/C25H33F3N6O3/c1-16-3-4-19(30-24(36)34-6-5-18(14-34)13-25(26,27)28)11-20(16)21-12-22(33-7-9-37-10-8-33)32-23(31-21)29-17(2)15-35/h3-4,11-12,17-18,35H,5-10,13-15H2,1-2H3,(H,30,36)(H,29,31,32).